The SMILES string of the molecule is C=C.C=CNC=NCCCN(C=O)Cc1ccccc1. The zero-order valence-corrected chi connectivity index (χ0v) is 11.9. The fourth-order valence-electron chi connectivity index (χ4n) is 1.52. The summed E-state index contributed by atoms with van der Waals surface area (Å²) in [6.45, 7) is 11.6. The van der Waals surface area contributed by atoms with Crippen LogP contribution in [0.2, 0.25) is 0 Å². The van der Waals surface area contributed by atoms with Crippen LogP contribution in [0.3, 0.4) is 0 Å². The Kier molecular flexibility index (Phi) is 11.5. The zero-order chi connectivity index (χ0) is 15.1. The van der Waals surface area contributed by atoms with E-state index in [0.29, 0.717) is 19.6 Å². The van der Waals surface area contributed by atoms with Gasteiger partial charge in [0.25, 0.3) is 0 Å². The number of amides is 1. The monoisotopic (exact) mass is 273 g/mol. The lowest BCUT2D eigenvalue weighted by Gasteiger charge is -2.16. The molecule has 0 saturated carbocycles. The Balaban J connectivity index is 0.00000172. The highest BCUT2D eigenvalue weighted by atomic mass is 16.1. The molecule has 0 aliphatic rings. The van der Waals surface area contributed by atoms with Gasteiger partial charge in [-0.05, 0) is 18.2 Å². The molecule has 20 heavy (non-hydrogen) atoms. The second-order valence-corrected chi connectivity index (χ2v) is 3.82. The quantitative estimate of drug-likeness (QED) is 0.247. The number of benzene rings is 1. The van der Waals surface area contributed by atoms with Gasteiger partial charge >= 0.3 is 0 Å². The van der Waals surface area contributed by atoms with Crippen molar-refractivity contribution in [3.05, 3.63) is 61.8 Å². The minimum Gasteiger partial charge on any atom is -0.354 e. The third kappa shape index (κ3) is 8.69. The Morgan fingerprint density at radius 2 is 1.95 bits per heavy atom. The van der Waals surface area contributed by atoms with Crippen LogP contribution >= 0.6 is 0 Å². The molecule has 1 amide bonds. The Morgan fingerprint density at radius 3 is 2.55 bits per heavy atom. The lowest BCUT2D eigenvalue weighted by Crippen LogP contribution is -2.23. The van der Waals surface area contributed by atoms with Crippen molar-refractivity contribution in [1.82, 2.24) is 10.2 Å². The fraction of sp³-hybridized carbons (Fsp3) is 0.250. The van der Waals surface area contributed by atoms with Crippen LogP contribution < -0.4 is 5.32 Å². The van der Waals surface area contributed by atoms with Crippen molar-refractivity contribution < 1.29 is 4.79 Å². The van der Waals surface area contributed by atoms with Crippen LogP contribution in [0.15, 0.2) is 61.3 Å². The van der Waals surface area contributed by atoms with E-state index >= 15 is 0 Å². The first-order valence-corrected chi connectivity index (χ1v) is 6.45. The summed E-state index contributed by atoms with van der Waals surface area (Å²) in [5, 5.41) is 2.78. The van der Waals surface area contributed by atoms with E-state index in [2.05, 4.69) is 30.0 Å². The Bertz CT molecular complexity index is 390. The number of hydrogen-bond acceptors (Lipinski definition) is 2. The van der Waals surface area contributed by atoms with Gasteiger partial charge < -0.3 is 10.2 Å². The molecular formula is C16H23N3O. The van der Waals surface area contributed by atoms with Crippen LogP contribution in [0, 0.1) is 0 Å². The van der Waals surface area contributed by atoms with Gasteiger partial charge in [0.2, 0.25) is 6.41 Å². The third-order valence-corrected chi connectivity index (χ3v) is 2.39. The minimum atomic E-state index is 0.652. The van der Waals surface area contributed by atoms with E-state index in [4.69, 9.17) is 0 Å². The normalized spacial score (nSPS) is 9.40. The molecule has 1 aromatic rings. The third-order valence-electron chi connectivity index (χ3n) is 2.39. The first-order chi connectivity index (χ1) is 9.86. The van der Waals surface area contributed by atoms with Gasteiger partial charge in [-0.2, -0.15) is 0 Å². The largest absolute Gasteiger partial charge is 0.354 e. The van der Waals surface area contributed by atoms with E-state index in [-0.39, 0.29) is 0 Å². The highest BCUT2D eigenvalue weighted by Gasteiger charge is 2.01. The molecule has 108 valence electrons. The predicted molar refractivity (Wildman–Crippen MR) is 85.5 cm³/mol. The molecule has 0 saturated heterocycles. The maximum atomic E-state index is 10.9. The average molecular weight is 273 g/mol. The molecule has 0 aliphatic heterocycles. The van der Waals surface area contributed by atoms with E-state index in [1.807, 2.05) is 30.3 Å². The van der Waals surface area contributed by atoms with Gasteiger partial charge in [-0.15, -0.1) is 13.2 Å². The van der Waals surface area contributed by atoms with Gasteiger partial charge in [0.05, 0.1) is 6.34 Å². The van der Waals surface area contributed by atoms with E-state index in [1.54, 1.807) is 17.4 Å². The Hall–Kier alpha value is -2.36. The van der Waals surface area contributed by atoms with Crippen molar-refractivity contribution >= 4 is 12.7 Å². The molecule has 0 unspecified atom stereocenters. The number of carbonyl (C=O) groups is 1. The topological polar surface area (TPSA) is 44.7 Å². The molecule has 4 heteroatoms. The number of nitrogens with one attached hydrogen (secondary N) is 1. The second-order valence-electron chi connectivity index (χ2n) is 3.82. The highest BCUT2D eigenvalue weighted by Crippen LogP contribution is 2.03. The summed E-state index contributed by atoms with van der Waals surface area (Å²) in [4.78, 5) is 16.8. The predicted octanol–water partition coefficient (Wildman–Crippen LogP) is 2.60. The number of aliphatic imine (C=N–C) groups is 1. The molecule has 0 fully saturated rings. The van der Waals surface area contributed by atoms with Crippen LogP contribution in [0.4, 0.5) is 0 Å². The Morgan fingerprint density at radius 1 is 1.25 bits per heavy atom. The molecule has 0 aliphatic carbocycles. The van der Waals surface area contributed by atoms with Gasteiger partial charge in [-0.3, -0.25) is 9.79 Å². The molecule has 0 heterocycles. The van der Waals surface area contributed by atoms with Crippen LogP contribution in [0.1, 0.15) is 12.0 Å². The van der Waals surface area contributed by atoms with E-state index in [1.165, 1.54) is 0 Å². The van der Waals surface area contributed by atoms with Crippen LogP contribution in [-0.2, 0) is 11.3 Å². The second kappa shape index (κ2) is 13.1. The van der Waals surface area contributed by atoms with Crippen LogP contribution in [-0.4, -0.2) is 30.7 Å². The van der Waals surface area contributed by atoms with Gasteiger partial charge in [0.1, 0.15) is 0 Å². The summed E-state index contributed by atoms with van der Waals surface area (Å²) in [5.74, 6) is 0. The number of hydrogen-bond donors (Lipinski definition) is 1. The van der Waals surface area contributed by atoms with Crippen LogP contribution in [0.5, 0.6) is 0 Å². The molecule has 0 radical (unpaired) electrons. The summed E-state index contributed by atoms with van der Waals surface area (Å²) in [6.07, 6.45) is 4.91. The van der Waals surface area contributed by atoms with Crippen molar-refractivity contribution in [3.8, 4) is 0 Å². The van der Waals surface area contributed by atoms with Crippen molar-refractivity contribution in [2.24, 2.45) is 4.99 Å². The van der Waals surface area contributed by atoms with Gasteiger partial charge in [-0.1, -0.05) is 36.9 Å². The highest BCUT2D eigenvalue weighted by molar-refractivity contribution is 5.55. The molecule has 1 aromatic carbocycles. The van der Waals surface area contributed by atoms with Crippen molar-refractivity contribution in [1.29, 1.82) is 0 Å². The lowest BCUT2D eigenvalue weighted by atomic mass is 10.2. The maximum absolute atomic E-state index is 10.9. The Labute approximate surface area is 121 Å². The molecule has 1 N–H and O–H groups in total. The smallest absolute Gasteiger partial charge is 0.210 e. The molecule has 0 atom stereocenters. The summed E-state index contributed by atoms with van der Waals surface area (Å²) in [7, 11) is 0. The first kappa shape index (κ1) is 17.6. The summed E-state index contributed by atoms with van der Waals surface area (Å²) >= 11 is 0. The fourth-order valence-corrected chi connectivity index (χ4v) is 1.52. The average Bonchev–Trinajstić information content (AvgIpc) is 2.52. The lowest BCUT2D eigenvalue weighted by molar-refractivity contribution is -0.118. The van der Waals surface area contributed by atoms with E-state index in [0.717, 1.165) is 18.4 Å². The van der Waals surface area contributed by atoms with E-state index in [9.17, 15) is 4.79 Å². The standard InChI is InChI=1S/C14H19N3O.C2H4/c1-2-15-12-16-9-6-10-17(13-18)11-14-7-4-3-5-8-14;1-2/h2-5,7-8,12-13H,1,6,9-11H2,(H,15,16);1-2H2. The van der Waals surface area contributed by atoms with Crippen molar-refractivity contribution in [2.75, 3.05) is 13.1 Å². The molecule has 0 spiro atoms. The summed E-state index contributed by atoms with van der Waals surface area (Å²) in [5.41, 5.74) is 1.14. The van der Waals surface area contributed by atoms with E-state index < -0.39 is 0 Å². The number of carbonyl (C=O) groups excluding carboxylic acids is 1. The minimum absolute atomic E-state index is 0.652. The zero-order valence-electron chi connectivity index (χ0n) is 11.9. The molecule has 0 aromatic heterocycles. The van der Waals surface area contributed by atoms with Crippen molar-refractivity contribution in [2.45, 2.75) is 13.0 Å². The van der Waals surface area contributed by atoms with Gasteiger partial charge in [-0.25, -0.2) is 0 Å². The molecule has 4 nitrogen and oxygen atoms in total. The molecule has 0 bridgehead atoms. The number of nitrogens with zero attached hydrogens (tertiary/aromatic N) is 2. The van der Waals surface area contributed by atoms with Crippen LogP contribution in [0.25, 0.3) is 0 Å². The van der Waals surface area contributed by atoms with Gasteiger partial charge in [0, 0.05) is 19.6 Å². The molecular weight excluding hydrogens is 250 g/mol. The molecule has 1 rings (SSSR count). The first-order valence-electron chi connectivity index (χ1n) is 6.45. The number of rotatable bonds is 9. The maximum Gasteiger partial charge on any atom is 0.210 e. The van der Waals surface area contributed by atoms with Crippen molar-refractivity contribution in [3.63, 3.8) is 0 Å². The summed E-state index contributed by atoms with van der Waals surface area (Å²) in [6, 6.07) is 9.95. The summed E-state index contributed by atoms with van der Waals surface area (Å²) < 4.78 is 0. The van der Waals surface area contributed by atoms with Gasteiger partial charge in [0.15, 0.2) is 0 Å².